The van der Waals surface area contributed by atoms with Crippen LogP contribution in [0.4, 0.5) is 5.69 Å². The summed E-state index contributed by atoms with van der Waals surface area (Å²) in [5.41, 5.74) is 2.47. The second kappa shape index (κ2) is 9.57. The van der Waals surface area contributed by atoms with Crippen LogP contribution in [0.25, 0.3) is 0 Å². The number of sulfonamides is 1. The van der Waals surface area contributed by atoms with Gasteiger partial charge in [0.15, 0.2) is 0 Å². The quantitative estimate of drug-likeness (QED) is 0.696. The van der Waals surface area contributed by atoms with Crippen LogP contribution < -0.4 is 10.0 Å². The first-order chi connectivity index (χ1) is 14.5. The van der Waals surface area contributed by atoms with Gasteiger partial charge in [0.25, 0.3) is 0 Å². The van der Waals surface area contributed by atoms with Crippen LogP contribution in [-0.2, 0) is 14.8 Å². The lowest BCUT2D eigenvalue weighted by Gasteiger charge is -2.49. The molecule has 1 heterocycles. The van der Waals surface area contributed by atoms with Gasteiger partial charge in [0, 0.05) is 30.9 Å². The van der Waals surface area contributed by atoms with Crippen LogP contribution in [0.5, 0.6) is 0 Å². The highest BCUT2D eigenvalue weighted by atomic mass is 32.2. The number of para-hydroxylation sites is 1. The number of carbonyl (C=O) groups excluding carboxylic acids is 1. The van der Waals surface area contributed by atoms with Gasteiger partial charge in [-0.25, -0.2) is 13.1 Å². The maximum Gasteiger partial charge on any atom is 0.244 e. The second-order valence-corrected chi connectivity index (χ2v) is 11.3. The van der Waals surface area contributed by atoms with Gasteiger partial charge in [-0.3, -0.25) is 14.6 Å². The third-order valence-corrected chi connectivity index (χ3v) is 7.92. The van der Waals surface area contributed by atoms with Gasteiger partial charge in [0.05, 0.1) is 6.26 Å². The first-order valence-corrected chi connectivity index (χ1v) is 13.2. The highest BCUT2D eigenvalue weighted by Crippen LogP contribution is 2.33. The first-order valence-electron chi connectivity index (χ1n) is 11.3. The van der Waals surface area contributed by atoms with Crippen molar-refractivity contribution in [2.45, 2.75) is 70.0 Å². The minimum atomic E-state index is -3.24. The summed E-state index contributed by atoms with van der Waals surface area (Å²) in [6.07, 6.45) is 6.73. The van der Waals surface area contributed by atoms with E-state index in [1.54, 1.807) is 0 Å². The van der Waals surface area contributed by atoms with E-state index in [0.717, 1.165) is 68.4 Å². The SMILES string of the molecule is Cc1cccc(C)c1NC(=O)C1(N(C)C)CCN([C@@H]2CCCC[C@H]2NS(C)(=O)=O)CC1. The minimum absolute atomic E-state index is 0.0425. The number of likely N-dealkylation sites (tertiary alicyclic amines) is 1. The lowest BCUT2D eigenvalue weighted by Crippen LogP contribution is -2.63. The van der Waals surface area contributed by atoms with Gasteiger partial charge in [0.1, 0.15) is 5.54 Å². The molecule has 1 aromatic rings. The number of anilines is 1. The first kappa shape index (κ1) is 24.2. The van der Waals surface area contributed by atoms with Crippen LogP contribution in [0.1, 0.15) is 49.7 Å². The number of carbonyl (C=O) groups is 1. The molecule has 1 aromatic carbocycles. The largest absolute Gasteiger partial charge is 0.324 e. The van der Waals surface area contributed by atoms with Crippen molar-refractivity contribution in [3.63, 3.8) is 0 Å². The van der Waals surface area contributed by atoms with E-state index in [1.807, 2.05) is 46.1 Å². The summed E-state index contributed by atoms with van der Waals surface area (Å²) in [5, 5.41) is 3.21. The number of amides is 1. The summed E-state index contributed by atoms with van der Waals surface area (Å²) < 4.78 is 26.6. The van der Waals surface area contributed by atoms with E-state index < -0.39 is 15.6 Å². The molecule has 1 aliphatic heterocycles. The molecular formula is C23H38N4O3S. The Morgan fingerprint density at radius 2 is 1.68 bits per heavy atom. The Kier molecular flexibility index (Phi) is 7.46. The zero-order valence-electron chi connectivity index (χ0n) is 19.6. The van der Waals surface area contributed by atoms with Gasteiger partial charge in [-0.05, 0) is 64.8 Å². The molecule has 1 saturated heterocycles. The van der Waals surface area contributed by atoms with Gasteiger partial charge in [-0.1, -0.05) is 31.0 Å². The fraction of sp³-hybridized carbons (Fsp3) is 0.696. The van der Waals surface area contributed by atoms with Crippen LogP contribution in [0.2, 0.25) is 0 Å². The Morgan fingerprint density at radius 1 is 1.10 bits per heavy atom. The normalized spacial score (nSPS) is 24.8. The molecule has 0 spiro atoms. The van der Waals surface area contributed by atoms with E-state index in [4.69, 9.17) is 0 Å². The van der Waals surface area contributed by atoms with Gasteiger partial charge in [-0.15, -0.1) is 0 Å². The molecule has 3 rings (SSSR count). The zero-order valence-corrected chi connectivity index (χ0v) is 20.4. The lowest BCUT2D eigenvalue weighted by molar-refractivity contribution is -0.130. The summed E-state index contributed by atoms with van der Waals surface area (Å²) in [5.74, 6) is 0.0454. The molecular weight excluding hydrogens is 412 g/mol. The summed E-state index contributed by atoms with van der Waals surface area (Å²) in [7, 11) is 0.725. The Morgan fingerprint density at radius 3 is 2.23 bits per heavy atom. The standard InChI is InChI=1S/C23H38N4O3S/c1-17-9-8-10-18(2)21(17)24-22(28)23(26(3)4)13-15-27(16-14-23)20-12-7-6-11-19(20)25-31(5,29)30/h8-10,19-20,25H,6-7,11-16H2,1-5H3,(H,24,28)/t19-,20-/m1/s1. The molecule has 2 aliphatic rings. The summed E-state index contributed by atoms with van der Waals surface area (Å²) in [6, 6.07) is 6.20. The molecule has 2 N–H and O–H groups in total. The van der Waals surface area contributed by atoms with Gasteiger partial charge < -0.3 is 5.32 Å². The van der Waals surface area contributed by atoms with Crippen LogP contribution >= 0.6 is 0 Å². The second-order valence-electron chi connectivity index (χ2n) is 9.53. The number of nitrogens with one attached hydrogen (secondary N) is 2. The minimum Gasteiger partial charge on any atom is -0.324 e. The predicted molar refractivity (Wildman–Crippen MR) is 126 cm³/mol. The fourth-order valence-electron chi connectivity index (χ4n) is 5.31. The molecule has 2 atom stereocenters. The third-order valence-electron chi connectivity index (χ3n) is 7.19. The number of hydrogen-bond donors (Lipinski definition) is 2. The van der Waals surface area contributed by atoms with Gasteiger partial charge in [-0.2, -0.15) is 0 Å². The number of nitrogens with zero attached hydrogens (tertiary/aromatic N) is 2. The molecule has 7 nitrogen and oxygen atoms in total. The highest BCUT2D eigenvalue weighted by molar-refractivity contribution is 7.88. The molecule has 0 bridgehead atoms. The molecule has 0 unspecified atom stereocenters. The third kappa shape index (κ3) is 5.48. The zero-order chi connectivity index (χ0) is 22.8. The van der Waals surface area contributed by atoms with E-state index in [1.165, 1.54) is 6.26 Å². The van der Waals surface area contributed by atoms with Crippen molar-refractivity contribution in [1.82, 2.24) is 14.5 Å². The maximum absolute atomic E-state index is 13.5. The monoisotopic (exact) mass is 450 g/mol. The Labute approximate surface area is 187 Å². The van der Waals surface area contributed by atoms with E-state index in [0.29, 0.717) is 0 Å². The molecule has 0 aromatic heterocycles. The van der Waals surface area contributed by atoms with Crippen LogP contribution in [0.3, 0.4) is 0 Å². The van der Waals surface area contributed by atoms with E-state index in [2.05, 4.69) is 19.8 Å². The summed E-state index contributed by atoms with van der Waals surface area (Å²) in [6.45, 7) is 5.60. The van der Waals surface area contributed by atoms with E-state index >= 15 is 0 Å². The Balaban J connectivity index is 1.73. The van der Waals surface area contributed by atoms with Crippen LogP contribution in [0.15, 0.2) is 18.2 Å². The number of aryl methyl sites for hydroxylation is 2. The number of rotatable bonds is 6. The molecule has 1 aliphatic carbocycles. The molecule has 174 valence electrons. The summed E-state index contributed by atoms with van der Waals surface area (Å²) >= 11 is 0. The lowest BCUT2D eigenvalue weighted by atomic mass is 9.82. The number of piperidine rings is 1. The van der Waals surface area contributed by atoms with Gasteiger partial charge >= 0.3 is 0 Å². The maximum atomic E-state index is 13.5. The molecule has 0 radical (unpaired) electrons. The Hall–Kier alpha value is -1.48. The fourth-order valence-corrected chi connectivity index (χ4v) is 6.13. The van der Waals surface area contributed by atoms with E-state index in [-0.39, 0.29) is 18.0 Å². The average molecular weight is 451 g/mol. The van der Waals surface area contributed by atoms with E-state index in [9.17, 15) is 13.2 Å². The smallest absolute Gasteiger partial charge is 0.244 e. The van der Waals surface area contributed by atoms with Gasteiger partial charge in [0.2, 0.25) is 15.9 Å². The molecule has 1 amide bonds. The van der Waals surface area contributed by atoms with Crippen molar-refractivity contribution in [2.75, 3.05) is 38.8 Å². The van der Waals surface area contributed by atoms with Crippen LogP contribution in [-0.4, -0.2) is 75.2 Å². The number of hydrogen-bond acceptors (Lipinski definition) is 5. The van der Waals surface area contributed by atoms with Crippen molar-refractivity contribution in [3.05, 3.63) is 29.3 Å². The Bertz CT molecular complexity index is 872. The molecule has 8 heteroatoms. The number of benzene rings is 1. The number of likely N-dealkylation sites (N-methyl/N-ethyl adjacent to an activating group) is 1. The molecule has 31 heavy (non-hydrogen) atoms. The topological polar surface area (TPSA) is 81.8 Å². The van der Waals surface area contributed by atoms with Crippen LogP contribution in [0, 0.1) is 13.8 Å². The van der Waals surface area contributed by atoms with Crippen molar-refractivity contribution in [2.24, 2.45) is 0 Å². The van der Waals surface area contributed by atoms with Crippen molar-refractivity contribution in [1.29, 1.82) is 0 Å². The van der Waals surface area contributed by atoms with Crippen molar-refractivity contribution < 1.29 is 13.2 Å². The average Bonchev–Trinajstić information content (AvgIpc) is 2.70. The molecule has 1 saturated carbocycles. The predicted octanol–water partition coefficient (Wildman–Crippen LogP) is 2.50. The molecule has 2 fully saturated rings. The van der Waals surface area contributed by atoms with Crippen molar-refractivity contribution >= 4 is 21.6 Å². The van der Waals surface area contributed by atoms with Crippen molar-refractivity contribution in [3.8, 4) is 0 Å². The summed E-state index contributed by atoms with van der Waals surface area (Å²) in [4.78, 5) is 18.0. The highest BCUT2D eigenvalue weighted by Gasteiger charge is 2.45.